The average molecular weight is 249 g/mol. The molecule has 0 bridgehead atoms. The highest BCUT2D eigenvalue weighted by Crippen LogP contribution is 2.20. The maximum atomic E-state index is 11.3. The van der Waals surface area contributed by atoms with Crippen molar-refractivity contribution in [3.8, 4) is 6.07 Å². The zero-order valence-corrected chi connectivity index (χ0v) is 10.2. The molecule has 88 valence electrons. The van der Waals surface area contributed by atoms with E-state index in [-0.39, 0.29) is 0 Å². The van der Waals surface area contributed by atoms with E-state index in [4.69, 9.17) is 16.9 Å². The summed E-state index contributed by atoms with van der Waals surface area (Å²) in [5, 5.41) is 9.34. The van der Waals surface area contributed by atoms with Crippen LogP contribution in [0, 0.1) is 11.3 Å². The third kappa shape index (κ3) is 3.06. The number of piperidine rings is 1. The Morgan fingerprint density at radius 3 is 2.94 bits per heavy atom. The number of ketones is 1. The van der Waals surface area contributed by atoms with Crippen molar-refractivity contribution in [2.75, 3.05) is 13.1 Å². The van der Waals surface area contributed by atoms with Crippen molar-refractivity contribution in [1.82, 2.24) is 4.90 Å². The van der Waals surface area contributed by atoms with Crippen LogP contribution in [0.5, 0.6) is 0 Å². The minimum absolute atomic E-state index is 0.293. The lowest BCUT2D eigenvalue weighted by molar-refractivity contribution is -0.122. The Morgan fingerprint density at radius 1 is 1.47 bits per heavy atom. The molecule has 0 aromatic heterocycles. The van der Waals surface area contributed by atoms with Gasteiger partial charge in [0, 0.05) is 18.0 Å². The first kappa shape index (κ1) is 12.1. The number of halogens is 1. The van der Waals surface area contributed by atoms with Gasteiger partial charge in [-0.15, -0.1) is 0 Å². The van der Waals surface area contributed by atoms with Gasteiger partial charge < -0.3 is 0 Å². The largest absolute Gasteiger partial charge is 0.298 e. The summed E-state index contributed by atoms with van der Waals surface area (Å²) >= 11 is 6.10. The SMILES string of the molecule is N#Cc1ccc(CN2CCCC(=O)C2)c(Cl)c1. The van der Waals surface area contributed by atoms with Gasteiger partial charge in [0.05, 0.1) is 18.2 Å². The van der Waals surface area contributed by atoms with Gasteiger partial charge in [0.25, 0.3) is 0 Å². The summed E-state index contributed by atoms with van der Waals surface area (Å²) in [6, 6.07) is 7.34. The second kappa shape index (κ2) is 5.31. The summed E-state index contributed by atoms with van der Waals surface area (Å²) < 4.78 is 0. The van der Waals surface area contributed by atoms with E-state index in [0.29, 0.717) is 35.9 Å². The number of nitrogens with zero attached hydrogens (tertiary/aromatic N) is 2. The predicted molar refractivity (Wildman–Crippen MR) is 65.7 cm³/mol. The van der Waals surface area contributed by atoms with E-state index >= 15 is 0 Å². The minimum Gasteiger partial charge on any atom is -0.298 e. The van der Waals surface area contributed by atoms with Crippen LogP contribution in [-0.2, 0) is 11.3 Å². The minimum atomic E-state index is 0.293. The van der Waals surface area contributed by atoms with E-state index in [9.17, 15) is 4.79 Å². The molecule has 1 fully saturated rings. The molecule has 1 heterocycles. The number of hydrogen-bond donors (Lipinski definition) is 0. The normalized spacial score (nSPS) is 16.8. The van der Waals surface area contributed by atoms with E-state index < -0.39 is 0 Å². The molecular weight excluding hydrogens is 236 g/mol. The van der Waals surface area contributed by atoms with E-state index in [0.717, 1.165) is 18.5 Å². The maximum absolute atomic E-state index is 11.3. The number of benzene rings is 1. The first-order chi connectivity index (χ1) is 8.19. The second-order valence-corrected chi connectivity index (χ2v) is 4.68. The molecule has 0 radical (unpaired) electrons. The van der Waals surface area contributed by atoms with E-state index in [1.54, 1.807) is 12.1 Å². The second-order valence-electron chi connectivity index (χ2n) is 4.27. The number of likely N-dealkylation sites (tertiary alicyclic amines) is 1. The van der Waals surface area contributed by atoms with Crippen LogP contribution in [0.25, 0.3) is 0 Å². The van der Waals surface area contributed by atoms with E-state index in [2.05, 4.69) is 11.0 Å². The molecule has 1 aromatic rings. The lowest BCUT2D eigenvalue weighted by Gasteiger charge is -2.25. The van der Waals surface area contributed by atoms with Crippen LogP contribution in [0.3, 0.4) is 0 Å². The number of Topliss-reactive ketones (excluding diaryl/α,β-unsaturated/α-hetero) is 1. The first-order valence-electron chi connectivity index (χ1n) is 5.61. The zero-order chi connectivity index (χ0) is 12.3. The summed E-state index contributed by atoms with van der Waals surface area (Å²) in [5.41, 5.74) is 1.54. The van der Waals surface area contributed by atoms with Crippen LogP contribution in [0.4, 0.5) is 0 Å². The summed E-state index contributed by atoms with van der Waals surface area (Å²) in [6.45, 7) is 2.12. The van der Waals surface area contributed by atoms with Gasteiger partial charge >= 0.3 is 0 Å². The Balaban J connectivity index is 2.08. The number of hydrogen-bond acceptors (Lipinski definition) is 3. The molecule has 3 nitrogen and oxygen atoms in total. The highest BCUT2D eigenvalue weighted by Gasteiger charge is 2.17. The lowest BCUT2D eigenvalue weighted by atomic mass is 10.1. The Morgan fingerprint density at radius 2 is 2.29 bits per heavy atom. The third-order valence-corrected chi connectivity index (χ3v) is 3.26. The number of carbonyl (C=O) groups excluding carboxylic acids is 1. The molecule has 1 saturated heterocycles. The van der Waals surface area contributed by atoms with E-state index in [1.165, 1.54) is 0 Å². The van der Waals surface area contributed by atoms with E-state index in [1.807, 2.05) is 6.07 Å². The van der Waals surface area contributed by atoms with Gasteiger partial charge in [-0.2, -0.15) is 5.26 Å². The maximum Gasteiger partial charge on any atom is 0.146 e. The molecule has 0 unspecified atom stereocenters. The van der Waals surface area contributed by atoms with Crippen molar-refractivity contribution in [3.05, 3.63) is 34.3 Å². The van der Waals surface area contributed by atoms with Crippen LogP contribution in [0.1, 0.15) is 24.0 Å². The van der Waals surface area contributed by atoms with Crippen molar-refractivity contribution in [1.29, 1.82) is 5.26 Å². The fraction of sp³-hybridized carbons (Fsp3) is 0.385. The fourth-order valence-electron chi connectivity index (χ4n) is 2.03. The van der Waals surface area contributed by atoms with Gasteiger partial charge in [-0.05, 0) is 30.7 Å². The van der Waals surface area contributed by atoms with Crippen molar-refractivity contribution in [3.63, 3.8) is 0 Å². The van der Waals surface area contributed by atoms with Crippen LogP contribution in [-0.4, -0.2) is 23.8 Å². The van der Waals surface area contributed by atoms with Crippen molar-refractivity contribution in [2.24, 2.45) is 0 Å². The Bertz CT molecular complexity index is 479. The van der Waals surface area contributed by atoms with Crippen molar-refractivity contribution < 1.29 is 4.79 Å². The molecule has 0 aliphatic carbocycles. The highest BCUT2D eigenvalue weighted by molar-refractivity contribution is 6.31. The molecule has 4 heteroatoms. The summed E-state index contributed by atoms with van der Waals surface area (Å²) in [7, 11) is 0. The molecule has 2 rings (SSSR count). The number of nitriles is 1. The summed E-state index contributed by atoms with van der Waals surface area (Å²) in [4.78, 5) is 13.4. The van der Waals surface area contributed by atoms with Crippen LogP contribution in [0.2, 0.25) is 5.02 Å². The van der Waals surface area contributed by atoms with Crippen LogP contribution < -0.4 is 0 Å². The summed E-state index contributed by atoms with van der Waals surface area (Å²) in [6.07, 6.45) is 1.62. The molecule has 0 atom stereocenters. The predicted octanol–water partition coefficient (Wildman–Crippen LogP) is 2.38. The number of rotatable bonds is 2. The van der Waals surface area contributed by atoms with Crippen molar-refractivity contribution in [2.45, 2.75) is 19.4 Å². The topological polar surface area (TPSA) is 44.1 Å². The Kier molecular flexibility index (Phi) is 3.78. The van der Waals surface area contributed by atoms with Crippen molar-refractivity contribution >= 4 is 17.4 Å². The average Bonchev–Trinajstić information content (AvgIpc) is 2.32. The number of carbonyl (C=O) groups is 1. The Labute approximate surface area is 106 Å². The zero-order valence-electron chi connectivity index (χ0n) is 9.45. The van der Waals surface area contributed by atoms with Crippen LogP contribution in [0.15, 0.2) is 18.2 Å². The molecule has 1 aliphatic heterocycles. The molecule has 0 N–H and O–H groups in total. The van der Waals surface area contributed by atoms with Gasteiger partial charge in [0.2, 0.25) is 0 Å². The summed E-state index contributed by atoms with van der Waals surface area (Å²) in [5.74, 6) is 0.293. The van der Waals surface area contributed by atoms with Gasteiger partial charge in [-0.1, -0.05) is 17.7 Å². The first-order valence-corrected chi connectivity index (χ1v) is 5.99. The molecular formula is C13H13ClN2O. The molecule has 1 aliphatic rings. The lowest BCUT2D eigenvalue weighted by Crippen LogP contribution is -2.35. The smallest absolute Gasteiger partial charge is 0.146 e. The fourth-order valence-corrected chi connectivity index (χ4v) is 2.27. The van der Waals surface area contributed by atoms with Gasteiger partial charge in [0.15, 0.2) is 0 Å². The van der Waals surface area contributed by atoms with Crippen LogP contribution >= 0.6 is 11.6 Å². The monoisotopic (exact) mass is 248 g/mol. The molecule has 17 heavy (non-hydrogen) atoms. The Hall–Kier alpha value is -1.37. The molecule has 0 saturated carbocycles. The molecule has 0 spiro atoms. The van der Waals surface area contributed by atoms with Gasteiger partial charge in [-0.3, -0.25) is 9.69 Å². The molecule has 1 aromatic carbocycles. The van der Waals surface area contributed by atoms with Gasteiger partial charge in [0.1, 0.15) is 5.78 Å². The standard InChI is InChI=1S/C13H13ClN2O/c14-13-6-10(7-15)3-4-11(13)8-16-5-1-2-12(17)9-16/h3-4,6H,1-2,5,8-9H2. The molecule has 0 amide bonds. The highest BCUT2D eigenvalue weighted by atomic mass is 35.5. The third-order valence-electron chi connectivity index (χ3n) is 2.91. The van der Waals surface area contributed by atoms with Gasteiger partial charge in [-0.25, -0.2) is 0 Å². The quantitative estimate of drug-likeness (QED) is 0.807.